The SMILES string of the molecule is Cc1nc(Nc2cccc([C@H]3CN(S(=O)(=O)c4cn(C)cn4)CCO3)n2)sc1C. The van der Waals surface area contributed by atoms with Crippen LogP contribution >= 0.6 is 11.3 Å². The van der Waals surface area contributed by atoms with Gasteiger partial charge in [-0.3, -0.25) is 0 Å². The Morgan fingerprint density at radius 1 is 1.28 bits per heavy atom. The summed E-state index contributed by atoms with van der Waals surface area (Å²) in [5.41, 5.74) is 1.65. The van der Waals surface area contributed by atoms with E-state index in [1.54, 1.807) is 23.0 Å². The van der Waals surface area contributed by atoms with Crippen molar-refractivity contribution < 1.29 is 13.2 Å². The van der Waals surface area contributed by atoms with Crippen LogP contribution in [-0.2, 0) is 21.8 Å². The molecule has 0 unspecified atom stereocenters. The highest BCUT2D eigenvalue weighted by molar-refractivity contribution is 7.89. The molecule has 1 fully saturated rings. The van der Waals surface area contributed by atoms with E-state index in [4.69, 9.17) is 4.74 Å². The molecular weight excluding hydrogens is 412 g/mol. The van der Waals surface area contributed by atoms with Crippen molar-refractivity contribution in [2.45, 2.75) is 25.0 Å². The summed E-state index contributed by atoms with van der Waals surface area (Å²) in [6.45, 7) is 4.75. The van der Waals surface area contributed by atoms with Gasteiger partial charge in [-0.25, -0.2) is 23.4 Å². The fourth-order valence-corrected chi connectivity index (χ4v) is 5.23. The highest BCUT2D eigenvalue weighted by Crippen LogP contribution is 2.28. The summed E-state index contributed by atoms with van der Waals surface area (Å²) in [7, 11) is -1.94. The van der Waals surface area contributed by atoms with Gasteiger partial charge in [0.05, 0.1) is 24.3 Å². The van der Waals surface area contributed by atoms with Crippen LogP contribution in [0.3, 0.4) is 0 Å². The van der Waals surface area contributed by atoms with Gasteiger partial charge in [-0.15, -0.1) is 11.3 Å². The predicted octanol–water partition coefficient (Wildman–Crippen LogP) is 2.39. The molecule has 0 aromatic carbocycles. The average molecular weight is 435 g/mol. The highest BCUT2D eigenvalue weighted by atomic mass is 32.2. The molecule has 0 aliphatic carbocycles. The molecule has 1 atom stereocenters. The lowest BCUT2D eigenvalue weighted by atomic mass is 10.2. The van der Waals surface area contributed by atoms with Gasteiger partial charge in [0, 0.05) is 31.2 Å². The zero-order valence-electron chi connectivity index (χ0n) is 16.4. The van der Waals surface area contributed by atoms with Gasteiger partial charge in [0.1, 0.15) is 11.9 Å². The monoisotopic (exact) mass is 434 g/mol. The number of aromatic nitrogens is 4. The molecule has 4 heterocycles. The van der Waals surface area contributed by atoms with Crippen LogP contribution in [0.4, 0.5) is 10.9 Å². The minimum absolute atomic E-state index is 0.0403. The second-order valence-electron chi connectivity index (χ2n) is 6.83. The van der Waals surface area contributed by atoms with Gasteiger partial charge in [-0.1, -0.05) is 6.07 Å². The molecule has 1 aliphatic heterocycles. The molecule has 0 radical (unpaired) electrons. The van der Waals surface area contributed by atoms with Crippen LogP contribution in [0.15, 0.2) is 35.7 Å². The van der Waals surface area contributed by atoms with E-state index in [9.17, 15) is 8.42 Å². The molecule has 3 aromatic rings. The Morgan fingerprint density at radius 2 is 2.10 bits per heavy atom. The molecule has 1 aliphatic rings. The molecule has 4 rings (SSSR count). The second-order valence-corrected chi connectivity index (χ2v) is 9.92. The van der Waals surface area contributed by atoms with Gasteiger partial charge in [0.15, 0.2) is 10.2 Å². The molecule has 0 amide bonds. The van der Waals surface area contributed by atoms with Gasteiger partial charge in [-0.05, 0) is 26.0 Å². The summed E-state index contributed by atoms with van der Waals surface area (Å²) in [5, 5.41) is 4.02. The number of imidazole rings is 1. The first kappa shape index (κ1) is 20.0. The maximum Gasteiger partial charge on any atom is 0.262 e. The first-order valence-corrected chi connectivity index (χ1v) is 11.4. The highest BCUT2D eigenvalue weighted by Gasteiger charge is 2.33. The number of pyridine rings is 1. The van der Waals surface area contributed by atoms with E-state index in [2.05, 4.69) is 20.3 Å². The van der Waals surface area contributed by atoms with Crippen molar-refractivity contribution in [3.05, 3.63) is 47.0 Å². The van der Waals surface area contributed by atoms with Crippen LogP contribution in [0.1, 0.15) is 22.4 Å². The first-order valence-electron chi connectivity index (χ1n) is 9.10. The second kappa shape index (κ2) is 7.82. The number of sulfonamides is 1. The van der Waals surface area contributed by atoms with Crippen LogP contribution in [0, 0.1) is 13.8 Å². The molecule has 29 heavy (non-hydrogen) atoms. The third-order valence-corrected chi connectivity index (χ3v) is 7.42. The van der Waals surface area contributed by atoms with Gasteiger partial charge in [-0.2, -0.15) is 4.31 Å². The Balaban J connectivity index is 1.52. The smallest absolute Gasteiger partial charge is 0.262 e. The minimum Gasteiger partial charge on any atom is -0.369 e. The number of anilines is 2. The molecule has 154 valence electrons. The zero-order chi connectivity index (χ0) is 20.6. The van der Waals surface area contributed by atoms with Crippen LogP contribution in [0.25, 0.3) is 0 Å². The number of morpholine rings is 1. The van der Waals surface area contributed by atoms with Crippen LogP contribution in [0.2, 0.25) is 0 Å². The van der Waals surface area contributed by atoms with E-state index in [0.717, 1.165) is 15.7 Å². The Hall–Kier alpha value is -2.34. The molecule has 11 heteroatoms. The summed E-state index contributed by atoms with van der Waals surface area (Å²) in [6, 6.07) is 5.55. The Morgan fingerprint density at radius 3 is 2.79 bits per heavy atom. The van der Waals surface area contributed by atoms with Crippen molar-refractivity contribution in [3.63, 3.8) is 0 Å². The summed E-state index contributed by atoms with van der Waals surface area (Å²) in [4.78, 5) is 14.2. The standard InChI is InChI=1S/C18H22N6O3S2/c1-12-13(2)28-18(20-12)22-16-6-4-5-14(21-16)15-9-24(7-8-27-15)29(25,26)17-10-23(3)11-19-17/h4-6,10-11,15H,7-9H2,1-3H3,(H,20,21,22)/t15-/m1/s1. The topological polar surface area (TPSA) is 102 Å². The molecule has 0 spiro atoms. The number of nitrogens with zero attached hydrogens (tertiary/aromatic N) is 5. The zero-order valence-corrected chi connectivity index (χ0v) is 18.0. The summed E-state index contributed by atoms with van der Waals surface area (Å²) >= 11 is 1.56. The van der Waals surface area contributed by atoms with E-state index >= 15 is 0 Å². The number of thiazole rings is 1. The van der Waals surface area contributed by atoms with E-state index < -0.39 is 16.1 Å². The molecule has 0 saturated carbocycles. The number of hydrogen-bond acceptors (Lipinski definition) is 8. The third kappa shape index (κ3) is 4.17. The molecule has 0 bridgehead atoms. The quantitative estimate of drug-likeness (QED) is 0.658. The number of hydrogen-bond donors (Lipinski definition) is 1. The van der Waals surface area contributed by atoms with Crippen LogP contribution in [-0.4, -0.2) is 51.9 Å². The molecule has 9 nitrogen and oxygen atoms in total. The molecule has 1 saturated heterocycles. The number of nitrogens with one attached hydrogen (secondary N) is 1. The van der Waals surface area contributed by atoms with E-state index in [0.29, 0.717) is 18.1 Å². The lowest BCUT2D eigenvalue weighted by Gasteiger charge is -2.31. The average Bonchev–Trinajstić information content (AvgIpc) is 3.28. The summed E-state index contributed by atoms with van der Waals surface area (Å²) in [5.74, 6) is 0.643. The lowest BCUT2D eigenvalue weighted by Crippen LogP contribution is -2.42. The largest absolute Gasteiger partial charge is 0.369 e. The normalized spacial score (nSPS) is 18.1. The van der Waals surface area contributed by atoms with Gasteiger partial charge in [0.2, 0.25) is 0 Å². The van der Waals surface area contributed by atoms with Crippen molar-refractivity contribution >= 4 is 32.3 Å². The Labute approximate surface area is 173 Å². The first-order chi connectivity index (χ1) is 13.8. The molecule has 3 aromatic heterocycles. The maximum absolute atomic E-state index is 12.9. The van der Waals surface area contributed by atoms with E-state index in [1.807, 2.05) is 32.0 Å². The van der Waals surface area contributed by atoms with Gasteiger partial charge < -0.3 is 14.6 Å². The molecule has 1 N–H and O–H groups in total. The number of aryl methyl sites for hydroxylation is 3. The van der Waals surface area contributed by atoms with Crippen molar-refractivity contribution in [2.75, 3.05) is 25.0 Å². The maximum atomic E-state index is 12.9. The third-order valence-electron chi connectivity index (χ3n) is 4.68. The number of rotatable bonds is 5. The predicted molar refractivity (Wildman–Crippen MR) is 110 cm³/mol. The van der Waals surface area contributed by atoms with E-state index in [-0.39, 0.29) is 18.1 Å². The van der Waals surface area contributed by atoms with E-state index in [1.165, 1.54) is 16.8 Å². The fourth-order valence-electron chi connectivity index (χ4n) is 3.01. The Kier molecular flexibility index (Phi) is 5.38. The van der Waals surface area contributed by atoms with Crippen LogP contribution in [0.5, 0.6) is 0 Å². The summed E-state index contributed by atoms with van der Waals surface area (Å²) in [6.07, 6.45) is 2.52. The van der Waals surface area contributed by atoms with Gasteiger partial charge >= 0.3 is 0 Å². The summed E-state index contributed by atoms with van der Waals surface area (Å²) < 4.78 is 34.6. The minimum atomic E-state index is -3.67. The van der Waals surface area contributed by atoms with Crippen molar-refractivity contribution in [1.29, 1.82) is 0 Å². The van der Waals surface area contributed by atoms with Gasteiger partial charge in [0.25, 0.3) is 10.0 Å². The lowest BCUT2D eigenvalue weighted by molar-refractivity contribution is -0.00492. The fraction of sp³-hybridized carbons (Fsp3) is 0.389. The Bertz CT molecular complexity index is 1100. The van der Waals surface area contributed by atoms with Crippen molar-refractivity contribution in [1.82, 2.24) is 23.8 Å². The van der Waals surface area contributed by atoms with Crippen molar-refractivity contribution in [3.8, 4) is 0 Å². The number of ether oxygens (including phenoxy) is 1. The van der Waals surface area contributed by atoms with Crippen LogP contribution < -0.4 is 5.32 Å². The molecular formula is C18H22N6O3S2. The van der Waals surface area contributed by atoms with Crippen molar-refractivity contribution in [2.24, 2.45) is 7.05 Å².